The van der Waals surface area contributed by atoms with Crippen LogP contribution in [0.4, 0.5) is 5.69 Å². The quantitative estimate of drug-likeness (QED) is 0.687. The van der Waals surface area contributed by atoms with Crippen LogP contribution in [0, 0.1) is 11.3 Å². The van der Waals surface area contributed by atoms with Gasteiger partial charge in [-0.1, -0.05) is 42.5 Å². The SMILES string of the molecule is C[C@@H](N[C@H](c1ccccc1)c1cccs1)C(=O)Nc1cccc(C#N)c1. The van der Waals surface area contributed by atoms with Crippen molar-refractivity contribution in [1.82, 2.24) is 5.32 Å². The summed E-state index contributed by atoms with van der Waals surface area (Å²) < 4.78 is 0. The van der Waals surface area contributed by atoms with E-state index in [1.165, 1.54) is 0 Å². The second kappa shape index (κ2) is 8.43. The number of thiophene rings is 1. The Kier molecular flexibility index (Phi) is 5.80. The summed E-state index contributed by atoms with van der Waals surface area (Å²) in [6.07, 6.45) is 0. The third kappa shape index (κ3) is 4.37. The lowest BCUT2D eigenvalue weighted by Gasteiger charge is -2.22. The maximum Gasteiger partial charge on any atom is 0.241 e. The molecule has 0 fully saturated rings. The first-order chi connectivity index (χ1) is 12.7. The summed E-state index contributed by atoms with van der Waals surface area (Å²) in [6.45, 7) is 1.84. The fraction of sp³-hybridized carbons (Fsp3) is 0.143. The molecule has 0 saturated heterocycles. The minimum atomic E-state index is -0.409. The lowest BCUT2D eigenvalue weighted by atomic mass is 10.0. The number of nitrogens with zero attached hydrogens (tertiary/aromatic N) is 1. The Morgan fingerprint density at radius 3 is 2.58 bits per heavy atom. The molecule has 0 saturated carbocycles. The summed E-state index contributed by atoms with van der Waals surface area (Å²) in [5.41, 5.74) is 2.25. The lowest BCUT2D eigenvalue weighted by molar-refractivity contribution is -0.117. The molecule has 2 aromatic carbocycles. The third-order valence-electron chi connectivity index (χ3n) is 4.03. The van der Waals surface area contributed by atoms with E-state index in [0.717, 1.165) is 10.4 Å². The molecule has 1 heterocycles. The Morgan fingerprint density at radius 2 is 1.88 bits per heavy atom. The normalized spacial score (nSPS) is 12.8. The highest BCUT2D eigenvalue weighted by molar-refractivity contribution is 7.10. The van der Waals surface area contributed by atoms with Crippen molar-refractivity contribution >= 4 is 22.9 Å². The van der Waals surface area contributed by atoms with Gasteiger partial charge in [0.2, 0.25) is 5.91 Å². The number of rotatable bonds is 6. The molecular formula is C21H19N3OS. The molecule has 3 rings (SSSR count). The molecule has 1 aromatic heterocycles. The minimum Gasteiger partial charge on any atom is -0.325 e. The van der Waals surface area contributed by atoms with Gasteiger partial charge in [-0.2, -0.15) is 5.26 Å². The summed E-state index contributed by atoms with van der Waals surface area (Å²) in [4.78, 5) is 13.8. The van der Waals surface area contributed by atoms with E-state index >= 15 is 0 Å². The Bertz CT molecular complexity index is 901. The number of amides is 1. The van der Waals surface area contributed by atoms with Crippen LogP contribution in [0.1, 0.15) is 29.0 Å². The topological polar surface area (TPSA) is 64.9 Å². The van der Waals surface area contributed by atoms with Gasteiger partial charge in [0.15, 0.2) is 0 Å². The van der Waals surface area contributed by atoms with E-state index in [2.05, 4.69) is 34.9 Å². The van der Waals surface area contributed by atoms with E-state index in [1.54, 1.807) is 35.6 Å². The molecule has 0 aliphatic rings. The first kappa shape index (κ1) is 17.9. The van der Waals surface area contributed by atoms with Crippen LogP contribution in [0.25, 0.3) is 0 Å². The molecule has 5 heteroatoms. The van der Waals surface area contributed by atoms with Crippen LogP contribution in [0.5, 0.6) is 0 Å². The smallest absolute Gasteiger partial charge is 0.241 e. The molecule has 1 amide bonds. The van der Waals surface area contributed by atoms with Gasteiger partial charge in [-0.3, -0.25) is 10.1 Å². The van der Waals surface area contributed by atoms with Gasteiger partial charge in [0.25, 0.3) is 0 Å². The molecule has 3 aromatic rings. The van der Waals surface area contributed by atoms with Crippen LogP contribution in [0.3, 0.4) is 0 Å². The van der Waals surface area contributed by atoms with Crippen molar-refractivity contribution in [3.63, 3.8) is 0 Å². The molecule has 2 N–H and O–H groups in total. The van der Waals surface area contributed by atoms with Crippen molar-refractivity contribution in [2.24, 2.45) is 0 Å². The zero-order chi connectivity index (χ0) is 18.4. The molecule has 4 nitrogen and oxygen atoms in total. The van der Waals surface area contributed by atoms with E-state index < -0.39 is 6.04 Å². The van der Waals surface area contributed by atoms with E-state index in [0.29, 0.717) is 11.3 Å². The second-order valence-corrected chi connectivity index (χ2v) is 6.91. The molecule has 0 aliphatic carbocycles. The van der Waals surface area contributed by atoms with E-state index in [4.69, 9.17) is 5.26 Å². The fourth-order valence-corrected chi connectivity index (χ4v) is 3.50. The largest absolute Gasteiger partial charge is 0.325 e. The monoisotopic (exact) mass is 361 g/mol. The average Bonchev–Trinajstić information content (AvgIpc) is 3.21. The second-order valence-electron chi connectivity index (χ2n) is 5.93. The van der Waals surface area contributed by atoms with Crippen LogP contribution >= 0.6 is 11.3 Å². The number of hydrogen-bond acceptors (Lipinski definition) is 4. The number of nitriles is 1. The minimum absolute atomic E-state index is 0.0533. The lowest BCUT2D eigenvalue weighted by Crippen LogP contribution is -2.40. The fourth-order valence-electron chi connectivity index (χ4n) is 2.69. The van der Waals surface area contributed by atoms with Gasteiger partial charge in [0, 0.05) is 10.6 Å². The predicted molar refractivity (Wildman–Crippen MR) is 105 cm³/mol. The Hall–Kier alpha value is -2.94. The van der Waals surface area contributed by atoms with Gasteiger partial charge in [-0.05, 0) is 42.1 Å². The van der Waals surface area contributed by atoms with Gasteiger partial charge < -0.3 is 5.32 Å². The molecule has 0 aliphatic heterocycles. The molecule has 0 unspecified atom stereocenters. The molecular weight excluding hydrogens is 342 g/mol. The van der Waals surface area contributed by atoms with Crippen molar-refractivity contribution in [2.45, 2.75) is 19.0 Å². The first-order valence-corrected chi connectivity index (χ1v) is 9.21. The van der Waals surface area contributed by atoms with Crippen LogP contribution in [0.2, 0.25) is 0 Å². The van der Waals surface area contributed by atoms with Gasteiger partial charge in [-0.25, -0.2) is 0 Å². The van der Waals surface area contributed by atoms with Crippen molar-refractivity contribution in [1.29, 1.82) is 5.26 Å². The zero-order valence-corrected chi connectivity index (χ0v) is 15.2. The molecule has 0 bridgehead atoms. The van der Waals surface area contributed by atoms with Crippen molar-refractivity contribution < 1.29 is 4.79 Å². The third-order valence-corrected chi connectivity index (χ3v) is 4.97. The Balaban J connectivity index is 1.74. The molecule has 26 heavy (non-hydrogen) atoms. The van der Waals surface area contributed by atoms with Crippen LogP contribution in [-0.2, 0) is 4.79 Å². The number of anilines is 1. The van der Waals surface area contributed by atoms with E-state index in [9.17, 15) is 4.79 Å². The van der Waals surface area contributed by atoms with Gasteiger partial charge in [0.05, 0.1) is 23.7 Å². The van der Waals surface area contributed by atoms with Crippen molar-refractivity contribution in [3.8, 4) is 6.07 Å². The highest BCUT2D eigenvalue weighted by atomic mass is 32.1. The molecule has 130 valence electrons. The van der Waals surface area contributed by atoms with Gasteiger partial charge in [-0.15, -0.1) is 11.3 Å². The number of benzene rings is 2. The number of nitrogens with one attached hydrogen (secondary N) is 2. The number of carbonyl (C=O) groups excluding carboxylic acids is 1. The van der Waals surface area contributed by atoms with Crippen LogP contribution < -0.4 is 10.6 Å². The van der Waals surface area contributed by atoms with Gasteiger partial charge in [0.1, 0.15) is 0 Å². The maximum absolute atomic E-state index is 12.6. The van der Waals surface area contributed by atoms with Crippen molar-refractivity contribution in [3.05, 3.63) is 88.1 Å². The summed E-state index contributed by atoms with van der Waals surface area (Å²) in [5.74, 6) is -0.141. The van der Waals surface area contributed by atoms with Crippen LogP contribution in [0.15, 0.2) is 72.1 Å². The average molecular weight is 361 g/mol. The summed E-state index contributed by atoms with van der Waals surface area (Å²) in [6, 6.07) is 22.7. The Morgan fingerprint density at radius 1 is 1.08 bits per heavy atom. The summed E-state index contributed by atoms with van der Waals surface area (Å²) in [5, 5.41) is 17.3. The highest BCUT2D eigenvalue weighted by Crippen LogP contribution is 2.26. The molecule has 0 radical (unpaired) electrons. The van der Waals surface area contributed by atoms with Crippen molar-refractivity contribution in [2.75, 3.05) is 5.32 Å². The number of carbonyl (C=O) groups is 1. The van der Waals surface area contributed by atoms with E-state index in [-0.39, 0.29) is 11.9 Å². The summed E-state index contributed by atoms with van der Waals surface area (Å²) >= 11 is 1.66. The van der Waals surface area contributed by atoms with Crippen LogP contribution in [-0.4, -0.2) is 11.9 Å². The maximum atomic E-state index is 12.6. The first-order valence-electron chi connectivity index (χ1n) is 8.33. The molecule has 0 spiro atoms. The summed E-state index contributed by atoms with van der Waals surface area (Å²) in [7, 11) is 0. The zero-order valence-electron chi connectivity index (χ0n) is 14.3. The predicted octanol–water partition coefficient (Wildman–Crippen LogP) is 4.33. The highest BCUT2D eigenvalue weighted by Gasteiger charge is 2.21. The Labute approximate surface area is 157 Å². The van der Waals surface area contributed by atoms with Gasteiger partial charge >= 0.3 is 0 Å². The molecule has 2 atom stereocenters. The number of hydrogen-bond donors (Lipinski definition) is 2. The standard InChI is InChI=1S/C21H19N3OS/c1-15(21(25)24-18-10-5-7-16(13-18)14-22)23-20(19-11-6-12-26-19)17-8-3-2-4-9-17/h2-13,15,20,23H,1H3,(H,24,25)/t15-,20-/m1/s1. The van der Waals surface area contributed by atoms with E-state index in [1.807, 2.05) is 36.6 Å².